The van der Waals surface area contributed by atoms with E-state index in [0.717, 1.165) is 24.6 Å². The molecule has 1 aromatic heterocycles. The van der Waals surface area contributed by atoms with Crippen LogP contribution in [0, 0.1) is 0 Å². The number of para-hydroxylation sites is 1. The third-order valence-corrected chi connectivity index (χ3v) is 2.81. The van der Waals surface area contributed by atoms with Crippen LogP contribution < -0.4 is 5.73 Å². The summed E-state index contributed by atoms with van der Waals surface area (Å²) in [6, 6.07) is 11.8. The molecule has 4 nitrogen and oxygen atoms in total. The number of hydrogen-bond donors (Lipinski definition) is 1. The Labute approximate surface area is 93.6 Å². The van der Waals surface area contributed by atoms with Gasteiger partial charge in [0, 0.05) is 6.07 Å². The minimum Gasteiger partial charge on any atom is -0.384 e. The summed E-state index contributed by atoms with van der Waals surface area (Å²) < 4.78 is 6.93. The summed E-state index contributed by atoms with van der Waals surface area (Å²) >= 11 is 0. The molecule has 0 unspecified atom stereocenters. The molecule has 2 aromatic rings. The van der Waals surface area contributed by atoms with E-state index in [9.17, 15) is 0 Å². The van der Waals surface area contributed by atoms with Crippen molar-refractivity contribution in [3.8, 4) is 5.69 Å². The smallest absolute Gasteiger partial charge is 0.127 e. The fourth-order valence-electron chi connectivity index (χ4n) is 1.80. The maximum absolute atomic E-state index is 5.95. The largest absolute Gasteiger partial charge is 0.384 e. The molecule has 0 atom stereocenters. The lowest BCUT2D eigenvalue weighted by Crippen LogP contribution is -2.25. The van der Waals surface area contributed by atoms with Gasteiger partial charge in [0.05, 0.1) is 30.5 Å². The van der Waals surface area contributed by atoms with E-state index in [2.05, 4.69) is 5.10 Å². The minimum absolute atomic E-state index is 0.410. The second kappa shape index (κ2) is 3.64. The zero-order chi connectivity index (χ0) is 11.0. The third kappa shape index (κ3) is 1.47. The molecule has 0 spiro atoms. The highest BCUT2D eigenvalue weighted by Crippen LogP contribution is 2.25. The van der Waals surface area contributed by atoms with Crippen LogP contribution in [0.1, 0.15) is 11.6 Å². The highest BCUT2D eigenvalue weighted by molar-refractivity contribution is 5.43. The molecule has 1 aromatic carbocycles. The van der Waals surface area contributed by atoms with Crippen molar-refractivity contribution in [1.82, 2.24) is 9.78 Å². The van der Waals surface area contributed by atoms with E-state index in [-0.39, 0.29) is 0 Å². The van der Waals surface area contributed by atoms with Crippen LogP contribution >= 0.6 is 0 Å². The Balaban J connectivity index is 1.98. The van der Waals surface area contributed by atoms with Crippen LogP contribution in [-0.2, 0) is 4.74 Å². The van der Waals surface area contributed by atoms with E-state index in [1.807, 2.05) is 36.4 Å². The predicted molar refractivity (Wildman–Crippen MR) is 61.5 cm³/mol. The summed E-state index contributed by atoms with van der Waals surface area (Å²) in [7, 11) is 0. The highest BCUT2D eigenvalue weighted by Gasteiger charge is 2.24. The van der Waals surface area contributed by atoms with E-state index in [4.69, 9.17) is 10.5 Å². The molecule has 2 N–H and O–H groups in total. The number of aromatic nitrogens is 2. The molecule has 1 fully saturated rings. The number of nitrogens with two attached hydrogens (primary N) is 1. The van der Waals surface area contributed by atoms with Crippen LogP contribution in [0.25, 0.3) is 5.69 Å². The van der Waals surface area contributed by atoms with E-state index in [0.29, 0.717) is 11.7 Å². The topological polar surface area (TPSA) is 53.1 Å². The normalized spacial score (nSPS) is 16.0. The molecule has 0 bridgehead atoms. The first-order chi connectivity index (χ1) is 7.84. The van der Waals surface area contributed by atoms with Crippen LogP contribution in [0.3, 0.4) is 0 Å². The maximum atomic E-state index is 5.95. The molecule has 4 heteroatoms. The zero-order valence-electron chi connectivity index (χ0n) is 8.84. The van der Waals surface area contributed by atoms with E-state index in [1.165, 1.54) is 0 Å². The molecule has 16 heavy (non-hydrogen) atoms. The lowest BCUT2D eigenvalue weighted by molar-refractivity contribution is 0.00658. The summed E-state index contributed by atoms with van der Waals surface area (Å²) in [4.78, 5) is 0. The van der Waals surface area contributed by atoms with E-state index < -0.39 is 0 Å². The standard InChI is InChI=1S/C12H13N3O/c13-12-6-11(9-7-16-8-9)14-15(12)10-4-2-1-3-5-10/h1-6,9H,7-8,13H2. The number of anilines is 1. The Morgan fingerprint density at radius 2 is 2.00 bits per heavy atom. The maximum Gasteiger partial charge on any atom is 0.127 e. The van der Waals surface area contributed by atoms with Crippen molar-refractivity contribution in [2.75, 3.05) is 18.9 Å². The molecular weight excluding hydrogens is 202 g/mol. The van der Waals surface area contributed by atoms with Crippen molar-refractivity contribution in [3.63, 3.8) is 0 Å². The first-order valence-corrected chi connectivity index (χ1v) is 5.33. The molecule has 1 saturated heterocycles. The summed E-state index contributed by atoms with van der Waals surface area (Å²) in [6.45, 7) is 1.51. The van der Waals surface area contributed by atoms with Gasteiger partial charge in [-0.15, -0.1) is 0 Å². The highest BCUT2D eigenvalue weighted by atomic mass is 16.5. The molecule has 0 amide bonds. The lowest BCUT2D eigenvalue weighted by atomic mass is 10.1. The van der Waals surface area contributed by atoms with Gasteiger partial charge in [-0.3, -0.25) is 0 Å². The van der Waals surface area contributed by atoms with Gasteiger partial charge in [-0.25, -0.2) is 4.68 Å². The molecule has 0 saturated carbocycles. The number of ether oxygens (including phenoxy) is 1. The van der Waals surface area contributed by atoms with Gasteiger partial charge in [-0.2, -0.15) is 5.10 Å². The van der Waals surface area contributed by atoms with Crippen LogP contribution in [-0.4, -0.2) is 23.0 Å². The molecule has 82 valence electrons. The Morgan fingerprint density at radius 1 is 1.25 bits per heavy atom. The average Bonchev–Trinajstić information content (AvgIpc) is 2.59. The molecular formula is C12H13N3O. The second-order valence-electron chi connectivity index (χ2n) is 3.98. The van der Waals surface area contributed by atoms with Crippen molar-refractivity contribution in [2.45, 2.75) is 5.92 Å². The average molecular weight is 215 g/mol. The molecule has 0 aliphatic carbocycles. The van der Waals surface area contributed by atoms with Crippen LogP contribution in [0.5, 0.6) is 0 Å². The van der Waals surface area contributed by atoms with Gasteiger partial charge in [-0.05, 0) is 12.1 Å². The van der Waals surface area contributed by atoms with Crippen molar-refractivity contribution in [3.05, 3.63) is 42.1 Å². The monoisotopic (exact) mass is 215 g/mol. The molecule has 1 aliphatic heterocycles. The number of hydrogen-bond acceptors (Lipinski definition) is 3. The summed E-state index contributed by atoms with van der Waals surface area (Å²) in [5.74, 6) is 1.08. The van der Waals surface area contributed by atoms with Crippen LogP contribution in [0.2, 0.25) is 0 Å². The van der Waals surface area contributed by atoms with Gasteiger partial charge in [-0.1, -0.05) is 18.2 Å². The molecule has 0 radical (unpaired) electrons. The molecule has 1 aliphatic rings. The summed E-state index contributed by atoms with van der Waals surface area (Å²) in [5.41, 5.74) is 7.96. The Morgan fingerprint density at radius 3 is 2.62 bits per heavy atom. The molecule has 3 rings (SSSR count). The Kier molecular flexibility index (Phi) is 2.15. The SMILES string of the molecule is Nc1cc(C2COC2)nn1-c1ccccc1. The predicted octanol–water partition coefficient (Wildman–Crippen LogP) is 1.57. The van der Waals surface area contributed by atoms with Crippen molar-refractivity contribution in [1.29, 1.82) is 0 Å². The Bertz CT molecular complexity index is 488. The quantitative estimate of drug-likeness (QED) is 0.827. The number of benzene rings is 1. The second-order valence-corrected chi connectivity index (χ2v) is 3.98. The Hall–Kier alpha value is -1.81. The number of nitrogens with zero attached hydrogens (tertiary/aromatic N) is 2. The van der Waals surface area contributed by atoms with E-state index >= 15 is 0 Å². The van der Waals surface area contributed by atoms with Gasteiger partial charge in [0.15, 0.2) is 0 Å². The lowest BCUT2D eigenvalue weighted by Gasteiger charge is -2.23. The van der Waals surface area contributed by atoms with Gasteiger partial charge in [0.25, 0.3) is 0 Å². The molecule has 2 heterocycles. The first kappa shape index (κ1) is 9.42. The zero-order valence-corrected chi connectivity index (χ0v) is 8.84. The fourth-order valence-corrected chi connectivity index (χ4v) is 1.80. The van der Waals surface area contributed by atoms with Crippen molar-refractivity contribution in [2.24, 2.45) is 0 Å². The van der Waals surface area contributed by atoms with Gasteiger partial charge in [0.1, 0.15) is 5.82 Å². The van der Waals surface area contributed by atoms with Gasteiger partial charge in [0.2, 0.25) is 0 Å². The summed E-state index contributed by atoms with van der Waals surface area (Å²) in [6.07, 6.45) is 0. The fraction of sp³-hybridized carbons (Fsp3) is 0.250. The van der Waals surface area contributed by atoms with Crippen LogP contribution in [0.4, 0.5) is 5.82 Å². The number of nitrogen functional groups attached to an aromatic ring is 1. The van der Waals surface area contributed by atoms with Crippen LogP contribution in [0.15, 0.2) is 36.4 Å². The minimum atomic E-state index is 0.410. The van der Waals surface area contributed by atoms with E-state index in [1.54, 1.807) is 4.68 Å². The van der Waals surface area contributed by atoms with Gasteiger partial charge >= 0.3 is 0 Å². The summed E-state index contributed by atoms with van der Waals surface area (Å²) in [5, 5.41) is 4.51. The van der Waals surface area contributed by atoms with Gasteiger partial charge < -0.3 is 10.5 Å². The first-order valence-electron chi connectivity index (χ1n) is 5.33. The third-order valence-electron chi connectivity index (χ3n) is 2.81. The van der Waals surface area contributed by atoms with Crippen molar-refractivity contribution >= 4 is 5.82 Å². The number of rotatable bonds is 2. The van der Waals surface area contributed by atoms with Crippen molar-refractivity contribution < 1.29 is 4.74 Å².